The number of carboxylic acid groups (broad SMARTS) is 2. The first-order chi connectivity index (χ1) is 12.5. The van der Waals surface area contributed by atoms with E-state index in [2.05, 4.69) is 29.6 Å². The van der Waals surface area contributed by atoms with Gasteiger partial charge in [-0.1, -0.05) is 24.3 Å². The molecule has 2 aromatic carbocycles. The van der Waals surface area contributed by atoms with Gasteiger partial charge in [-0.2, -0.15) is 0 Å². The fourth-order valence-electron chi connectivity index (χ4n) is 2.04. The molecule has 0 amide bonds. The van der Waals surface area contributed by atoms with Gasteiger partial charge in [-0.05, 0) is 48.4 Å². The second-order valence-corrected chi connectivity index (χ2v) is 5.24. The number of carbonyl (C=O) groups is 2. The zero-order valence-corrected chi connectivity index (χ0v) is 14.8. The van der Waals surface area contributed by atoms with Crippen LogP contribution in [0.25, 0.3) is 0 Å². The summed E-state index contributed by atoms with van der Waals surface area (Å²) in [6, 6.07) is 16.3. The van der Waals surface area contributed by atoms with E-state index in [0.717, 1.165) is 31.0 Å². The molecule has 0 saturated heterocycles. The molecule has 0 aliphatic rings. The maximum absolute atomic E-state index is 9.10. The minimum Gasteiger partial charge on any atom is -0.497 e. The zero-order chi connectivity index (χ0) is 19.4. The van der Waals surface area contributed by atoms with Gasteiger partial charge in [-0.15, -0.1) is 0 Å². The van der Waals surface area contributed by atoms with E-state index in [9.17, 15) is 0 Å². The van der Waals surface area contributed by atoms with Gasteiger partial charge in [-0.3, -0.25) is 0 Å². The Morgan fingerprint density at radius 2 is 1.50 bits per heavy atom. The van der Waals surface area contributed by atoms with E-state index in [1.54, 1.807) is 14.2 Å². The Morgan fingerprint density at radius 1 is 0.885 bits per heavy atom. The predicted octanol–water partition coefficient (Wildman–Crippen LogP) is 2.19. The van der Waals surface area contributed by atoms with Gasteiger partial charge in [0, 0.05) is 6.54 Å². The van der Waals surface area contributed by atoms with Crippen LogP contribution in [0.1, 0.15) is 11.1 Å². The molecule has 0 bridgehead atoms. The van der Waals surface area contributed by atoms with Gasteiger partial charge < -0.3 is 25.0 Å². The number of nitrogens with one attached hydrogen (secondary N) is 1. The third-order valence-electron chi connectivity index (χ3n) is 3.40. The van der Waals surface area contributed by atoms with Crippen LogP contribution < -0.4 is 14.8 Å². The molecule has 0 radical (unpaired) electrons. The third-order valence-corrected chi connectivity index (χ3v) is 3.40. The minimum absolute atomic E-state index is 0.869. The number of benzene rings is 2. The number of rotatable bonds is 7. The maximum atomic E-state index is 9.10. The van der Waals surface area contributed by atoms with Crippen molar-refractivity contribution in [2.45, 2.75) is 13.0 Å². The molecule has 26 heavy (non-hydrogen) atoms. The molecule has 3 N–H and O–H groups in total. The highest BCUT2D eigenvalue weighted by atomic mass is 16.5. The zero-order valence-electron chi connectivity index (χ0n) is 14.8. The monoisotopic (exact) mass is 361 g/mol. The Kier molecular flexibility index (Phi) is 9.27. The van der Waals surface area contributed by atoms with Gasteiger partial charge in [0.15, 0.2) is 0 Å². The van der Waals surface area contributed by atoms with E-state index in [1.807, 2.05) is 24.3 Å². The lowest BCUT2D eigenvalue weighted by Crippen LogP contribution is -2.16. The fourth-order valence-corrected chi connectivity index (χ4v) is 2.04. The molecule has 0 saturated carbocycles. The molecule has 140 valence electrons. The van der Waals surface area contributed by atoms with Crippen LogP contribution in [0.5, 0.6) is 11.5 Å². The van der Waals surface area contributed by atoms with Crippen molar-refractivity contribution in [2.75, 3.05) is 20.8 Å². The summed E-state index contributed by atoms with van der Waals surface area (Å²) < 4.78 is 10.4. The normalized spacial score (nSPS) is 9.62. The average Bonchev–Trinajstić information content (AvgIpc) is 2.66. The largest absolute Gasteiger partial charge is 0.497 e. The van der Waals surface area contributed by atoms with Crippen LogP contribution in [0.3, 0.4) is 0 Å². The second-order valence-electron chi connectivity index (χ2n) is 5.24. The summed E-state index contributed by atoms with van der Waals surface area (Å²) >= 11 is 0. The number of hydrogen-bond donors (Lipinski definition) is 3. The van der Waals surface area contributed by atoms with Crippen molar-refractivity contribution in [3.63, 3.8) is 0 Å². The van der Waals surface area contributed by atoms with Crippen LogP contribution in [0.15, 0.2) is 48.5 Å². The molecule has 0 aliphatic heterocycles. The first-order valence-corrected chi connectivity index (χ1v) is 7.89. The molecule has 2 rings (SSSR count). The molecular formula is C19H23NO6. The van der Waals surface area contributed by atoms with Gasteiger partial charge in [0.2, 0.25) is 0 Å². The topological polar surface area (TPSA) is 105 Å². The summed E-state index contributed by atoms with van der Waals surface area (Å²) in [6.07, 6.45) is 0.993. The number of ether oxygens (including phenoxy) is 2. The van der Waals surface area contributed by atoms with E-state index in [0.29, 0.717) is 0 Å². The van der Waals surface area contributed by atoms with E-state index in [-0.39, 0.29) is 0 Å². The van der Waals surface area contributed by atoms with Crippen LogP contribution in [0, 0.1) is 0 Å². The van der Waals surface area contributed by atoms with Gasteiger partial charge in [0.1, 0.15) is 11.5 Å². The predicted molar refractivity (Wildman–Crippen MR) is 96.7 cm³/mol. The lowest BCUT2D eigenvalue weighted by molar-refractivity contribution is -0.159. The summed E-state index contributed by atoms with van der Waals surface area (Å²) in [6.45, 7) is 1.81. The minimum atomic E-state index is -1.82. The summed E-state index contributed by atoms with van der Waals surface area (Å²) in [7, 11) is 3.38. The molecule has 0 aromatic heterocycles. The lowest BCUT2D eigenvalue weighted by atomic mass is 10.1. The van der Waals surface area contributed by atoms with E-state index in [1.165, 1.54) is 11.1 Å². The Morgan fingerprint density at radius 3 is 2.04 bits per heavy atom. The molecule has 0 unspecified atom stereocenters. The van der Waals surface area contributed by atoms with Crippen molar-refractivity contribution >= 4 is 11.9 Å². The van der Waals surface area contributed by atoms with Crippen LogP contribution >= 0.6 is 0 Å². The van der Waals surface area contributed by atoms with Crippen LogP contribution in [0.2, 0.25) is 0 Å². The second kappa shape index (κ2) is 11.5. The maximum Gasteiger partial charge on any atom is 0.414 e. The molecule has 0 fully saturated rings. The SMILES string of the molecule is COc1ccc(CNCCc2cccc(OC)c2)cc1.O=C(O)C(=O)O. The Hall–Kier alpha value is -3.06. The van der Waals surface area contributed by atoms with Crippen molar-refractivity contribution in [1.82, 2.24) is 5.32 Å². The quantitative estimate of drug-likeness (QED) is 0.513. The Bertz CT molecular complexity index is 687. The van der Waals surface area contributed by atoms with Gasteiger partial charge >= 0.3 is 11.9 Å². The van der Waals surface area contributed by atoms with E-state index < -0.39 is 11.9 Å². The van der Waals surface area contributed by atoms with Crippen LogP contribution in [-0.2, 0) is 22.6 Å². The Balaban J connectivity index is 0.000000487. The smallest absolute Gasteiger partial charge is 0.414 e. The standard InChI is InChI=1S/C17H21NO2.C2H2O4/c1-19-16-8-6-15(7-9-16)13-18-11-10-14-4-3-5-17(12-14)20-2;3-1(4)2(5)6/h3-9,12,18H,10-11,13H2,1-2H3;(H,3,4)(H,5,6). The fraction of sp³-hybridized carbons (Fsp3) is 0.263. The summed E-state index contributed by atoms with van der Waals surface area (Å²) in [4.78, 5) is 18.2. The van der Waals surface area contributed by atoms with E-state index >= 15 is 0 Å². The van der Waals surface area contributed by atoms with Crippen molar-refractivity contribution < 1.29 is 29.3 Å². The molecule has 0 aliphatic carbocycles. The van der Waals surface area contributed by atoms with Crippen molar-refractivity contribution in [3.8, 4) is 11.5 Å². The summed E-state index contributed by atoms with van der Waals surface area (Å²) in [5.74, 6) is -1.84. The van der Waals surface area contributed by atoms with Gasteiger partial charge in [0.25, 0.3) is 0 Å². The van der Waals surface area contributed by atoms with Gasteiger partial charge in [-0.25, -0.2) is 9.59 Å². The van der Waals surface area contributed by atoms with Crippen LogP contribution in [-0.4, -0.2) is 42.9 Å². The highest BCUT2D eigenvalue weighted by molar-refractivity contribution is 6.27. The van der Waals surface area contributed by atoms with E-state index in [4.69, 9.17) is 29.3 Å². The first-order valence-electron chi connectivity index (χ1n) is 7.89. The van der Waals surface area contributed by atoms with Gasteiger partial charge in [0.05, 0.1) is 14.2 Å². The summed E-state index contributed by atoms with van der Waals surface area (Å²) in [5, 5.41) is 18.2. The molecule has 7 heteroatoms. The molecule has 2 aromatic rings. The number of carboxylic acids is 2. The lowest BCUT2D eigenvalue weighted by Gasteiger charge is -2.07. The van der Waals surface area contributed by atoms with Crippen molar-refractivity contribution in [2.24, 2.45) is 0 Å². The molecule has 7 nitrogen and oxygen atoms in total. The highest BCUT2D eigenvalue weighted by Gasteiger charge is 2.04. The number of methoxy groups -OCH3 is 2. The third kappa shape index (κ3) is 8.16. The van der Waals surface area contributed by atoms with Crippen molar-refractivity contribution in [3.05, 3.63) is 59.7 Å². The number of aliphatic carboxylic acids is 2. The van der Waals surface area contributed by atoms with Crippen LogP contribution in [0.4, 0.5) is 0 Å². The number of hydrogen-bond acceptors (Lipinski definition) is 5. The molecular weight excluding hydrogens is 338 g/mol. The molecule has 0 atom stereocenters. The summed E-state index contributed by atoms with van der Waals surface area (Å²) in [5.41, 5.74) is 2.54. The first kappa shape index (κ1) is 21.0. The highest BCUT2D eigenvalue weighted by Crippen LogP contribution is 2.13. The molecule has 0 spiro atoms. The Labute approximate surface area is 152 Å². The average molecular weight is 361 g/mol. The van der Waals surface area contributed by atoms with Crippen molar-refractivity contribution in [1.29, 1.82) is 0 Å². The molecule has 0 heterocycles.